The van der Waals surface area contributed by atoms with Crippen LogP contribution in [0.3, 0.4) is 0 Å². The van der Waals surface area contributed by atoms with Gasteiger partial charge >= 0.3 is 0 Å². The molecule has 0 radical (unpaired) electrons. The largest absolute Gasteiger partial charge is 0.495 e. The second-order valence-electron chi connectivity index (χ2n) is 5.06. The number of nitrogens with two attached hydrogens (primary N) is 1. The van der Waals surface area contributed by atoms with Gasteiger partial charge in [0, 0.05) is 16.5 Å². The van der Waals surface area contributed by atoms with Crippen molar-refractivity contribution in [2.75, 3.05) is 12.8 Å². The number of carbonyl (C=O) groups excluding carboxylic acids is 1. The lowest BCUT2D eigenvalue weighted by Crippen LogP contribution is -2.36. The molecule has 0 bridgehead atoms. The zero-order valence-corrected chi connectivity index (χ0v) is 13.3. The summed E-state index contributed by atoms with van der Waals surface area (Å²) in [5.41, 5.74) is 6.92. The van der Waals surface area contributed by atoms with Crippen LogP contribution in [-0.4, -0.2) is 24.0 Å². The van der Waals surface area contributed by atoms with E-state index in [9.17, 15) is 4.79 Å². The third-order valence-electron chi connectivity index (χ3n) is 3.27. The van der Waals surface area contributed by atoms with Crippen molar-refractivity contribution in [1.29, 1.82) is 0 Å². The van der Waals surface area contributed by atoms with Gasteiger partial charge in [-0.15, -0.1) is 11.3 Å². The Morgan fingerprint density at radius 1 is 1.38 bits per heavy atom. The minimum absolute atomic E-state index is 0.0169. The molecule has 1 aromatic heterocycles. The van der Waals surface area contributed by atoms with E-state index in [1.807, 2.05) is 36.3 Å². The molecule has 0 aliphatic carbocycles. The molecule has 0 fully saturated rings. The van der Waals surface area contributed by atoms with Crippen LogP contribution in [0.2, 0.25) is 0 Å². The number of carbonyl (C=O) groups is 1. The van der Waals surface area contributed by atoms with Crippen molar-refractivity contribution in [1.82, 2.24) is 4.90 Å². The summed E-state index contributed by atoms with van der Waals surface area (Å²) < 4.78 is 5.19. The SMILES string of the molecule is COc1cc(C(=O)N(Cc2cccs2)C(C)C)ccc1N. The number of amides is 1. The Morgan fingerprint density at radius 2 is 2.14 bits per heavy atom. The van der Waals surface area contributed by atoms with Gasteiger partial charge in [-0.25, -0.2) is 0 Å². The van der Waals surface area contributed by atoms with E-state index in [1.165, 1.54) is 4.88 Å². The number of hydrogen-bond acceptors (Lipinski definition) is 4. The number of thiophene rings is 1. The Morgan fingerprint density at radius 3 is 2.71 bits per heavy atom. The highest BCUT2D eigenvalue weighted by Gasteiger charge is 2.20. The average molecular weight is 304 g/mol. The Kier molecular flexibility index (Phi) is 4.85. The van der Waals surface area contributed by atoms with Crippen molar-refractivity contribution in [2.45, 2.75) is 26.4 Å². The van der Waals surface area contributed by atoms with Crippen LogP contribution in [0.4, 0.5) is 5.69 Å². The molecule has 1 heterocycles. The summed E-state index contributed by atoms with van der Waals surface area (Å²) in [4.78, 5) is 15.7. The van der Waals surface area contributed by atoms with Crippen molar-refractivity contribution in [3.8, 4) is 5.75 Å². The quantitative estimate of drug-likeness (QED) is 0.861. The van der Waals surface area contributed by atoms with E-state index in [0.717, 1.165) is 0 Å². The van der Waals surface area contributed by atoms with Crippen LogP contribution in [0.1, 0.15) is 29.1 Å². The normalized spacial score (nSPS) is 10.7. The fourth-order valence-electron chi connectivity index (χ4n) is 2.07. The van der Waals surface area contributed by atoms with Crippen LogP contribution in [-0.2, 0) is 6.54 Å². The van der Waals surface area contributed by atoms with Crippen LogP contribution in [0, 0.1) is 0 Å². The summed E-state index contributed by atoms with van der Waals surface area (Å²) >= 11 is 1.65. The van der Waals surface area contributed by atoms with E-state index in [2.05, 4.69) is 0 Å². The molecule has 1 amide bonds. The third kappa shape index (κ3) is 3.55. The fourth-order valence-corrected chi connectivity index (χ4v) is 2.77. The van der Waals surface area contributed by atoms with Crippen LogP contribution >= 0.6 is 11.3 Å². The minimum atomic E-state index is -0.0169. The number of rotatable bonds is 5. The predicted octanol–water partition coefficient (Wildman–Crippen LogP) is 3.39. The molecule has 4 nitrogen and oxygen atoms in total. The maximum absolute atomic E-state index is 12.7. The molecule has 2 rings (SSSR count). The molecule has 0 saturated heterocycles. The summed E-state index contributed by atoms with van der Waals surface area (Å²) in [7, 11) is 1.55. The maximum atomic E-state index is 12.7. The van der Waals surface area contributed by atoms with Crippen LogP contribution < -0.4 is 10.5 Å². The van der Waals surface area contributed by atoms with Crippen LogP contribution in [0.25, 0.3) is 0 Å². The lowest BCUT2D eigenvalue weighted by Gasteiger charge is -2.26. The molecule has 5 heteroatoms. The maximum Gasteiger partial charge on any atom is 0.254 e. The highest BCUT2D eigenvalue weighted by Crippen LogP contribution is 2.24. The molecule has 0 unspecified atom stereocenters. The molecule has 2 aromatic rings. The van der Waals surface area contributed by atoms with E-state index in [4.69, 9.17) is 10.5 Å². The summed E-state index contributed by atoms with van der Waals surface area (Å²) in [5, 5.41) is 2.02. The first-order valence-corrected chi connectivity index (χ1v) is 7.67. The zero-order chi connectivity index (χ0) is 15.4. The van der Waals surface area contributed by atoms with Crippen LogP contribution in [0.5, 0.6) is 5.75 Å². The monoisotopic (exact) mass is 304 g/mol. The van der Waals surface area contributed by atoms with Crippen molar-refractivity contribution in [2.24, 2.45) is 0 Å². The average Bonchev–Trinajstić information content (AvgIpc) is 2.97. The number of anilines is 1. The van der Waals surface area contributed by atoms with Crippen molar-refractivity contribution >= 4 is 22.9 Å². The predicted molar refractivity (Wildman–Crippen MR) is 86.7 cm³/mol. The Labute approximate surface area is 129 Å². The van der Waals surface area contributed by atoms with Crippen LogP contribution in [0.15, 0.2) is 35.7 Å². The van der Waals surface area contributed by atoms with Crippen molar-refractivity contribution < 1.29 is 9.53 Å². The molecule has 2 N–H and O–H groups in total. The van der Waals surface area contributed by atoms with E-state index in [0.29, 0.717) is 23.5 Å². The van der Waals surface area contributed by atoms with Gasteiger partial charge < -0.3 is 15.4 Å². The second-order valence-corrected chi connectivity index (χ2v) is 6.10. The van der Waals surface area contributed by atoms with Gasteiger partial charge in [0.25, 0.3) is 5.91 Å². The molecule has 0 saturated carbocycles. The lowest BCUT2D eigenvalue weighted by atomic mass is 10.1. The van der Waals surface area contributed by atoms with E-state index >= 15 is 0 Å². The highest BCUT2D eigenvalue weighted by atomic mass is 32.1. The van der Waals surface area contributed by atoms with Gasteiger partial charge in [0.2, 0.25) is 0 Å². The first-order valence-electron chi connectivity index (χ1n) is 6.79. The van der Waals surface area contributed by atoms with E-state index < -0.39 is 0 Å². The molecular weight excluding hydrogens is 284 g/mol. The standard InChI is InChI=1S/C16H20N2O2S/c1-11(2)18(10-13-5-4-8-21-13)16(19)12-6-7-14(17)15(9-12)20-3/h4-9,11H,10,17H2,1-3H3. The molecule has 0 atom stereocenters. The molecule has 1 aromatic carbocycles. The molecule has 0 aliphatic heterocycles. The van der Waals surface area contributed by atoms with Gasteiger partial charge in [-0.2, -0.15) is 0 Å². The fraction of sp³-hybridized carbons (Fsp3) is 0.312. The first-order chi connectivity index (χ1) is 10.0. The van der Waals surface area contributed by atoms with E-state index in [1.54, 1.807) is 36.6 Å². The third-order valence-corrected chi connectivity index (χ3v) is 4.13. The molecule has 0 aliphatic rings. The molecule has 112 valence electrons. The number of benzene rings is 1. The number of ether oxygens (including phenoxy) is 1. The highest BCUT2D eigenvalue weighted by molar-refractivity contribution is 7.09. The van der Waals surface area contributed by atoms with Gasteiger partial charge in [0.1, 0.15) is 5.75 Å². The number of nitrogen functional groups attached to an aromatic ring is 1. The number of nitrogens with zero attached hydrogens (tertiary/aromatic N) is 1. The Hall–Kier alpha value is -2.01. The van der Waals surface area contributed by atoms with Gasteiger partial charge in [-0.05, 0) is 43.5 Å². The molecule has 0 spiro atoms. The number of methoxy groups -OCH3 is 1. The number of hydrogen-bond donors (Lipinski definition) is 1. The summed E-state index contributed by atoms with van der Waals surface area (Å²) in [6, 6.07) is 9.29. The van der Waals surface area contributed by atoms with Gasteiger partial charge in [-0.3, -0.25) is 4.79 Å². The van der Waals surface area contributed by atoms with Crippen molar-refractivity contribution in [3.05, 3.63) is 46.2 Å². The molecular formula is C16H20N2O2S. The summed E-state index contributed by atoms with van der Waals surface area (Å²) in [6.07, 6.45) is 0. The van der Waals surface area contributed by atoms with Crippen molar-refractivity contribution in [3.63, 3.8) is 0 Å². The second kappa shape index (κ2) is 6.63. The van der Waals surface area contributed by atoms with Gasteiger partial charge in [-0.1, -0.05) is 6.07 Å². The molecule has 21 heavy (non-hydrogen) atoms. The lowest BCUT2D eigenvalue weighted by molar-refractivity contribution is 0.0692. The Bertz CT molecular complexity index is 609. The minimum Gasteiger partial charge on any atom is -0.495 e. The zero-order valence-electron chi connectivity index (χ0n) is 12.5. The summed E-state index contributed by atoms with van der Waals surface area (Å²) in [6.45, 7) is 4.64. The van der Waals surface area contributed by atoms with E-state index in [-0.39, 0.29) is 11.9 Å². The summed E-state index contributed by atoms with van der Waals surface area (Å²) in [5.74, 6) is 0.511. The topological polar surface area (TPSA) is 55.6 Å². The first kappa shape index (κ1) is 15.4. The smallest absolute Gasteiger partial charge is 0.254 e. The van der Waals surface area contributed by atoms with Gasteiger partial charge in [0.05, 0.1) is 19.3 Å². The van der Waals surface area contributed by atoms with Gasteiger partial charge in [0.15, 0.2) is 0 Å². The Balaban J connectivity index is 2.26.